The Morgan fingerprint density at radius 2 is 2.00 bits per heavy atom. The highest BCUT2D eigenvalue weighted by Gasteiger charge is 2.47. The first-order valence-electron chi connectivity index (χ1n) is 9.71. The van der Waals surface area contributed by atoms with Gasteiger partial charge in [0.25, 0.3) is 0 Å². The predicted molar refractivity (Wildman–Crippen MR) is 106 cm³/mol. The second-order valence-electron chi connectivity index (χ2n) is 8.00. The van der Waals surface area contributed by atoms with Crippen LogP contribution >= 0.6 is 0 Å². The average molecular weight is 412 g/mol. The molecule has 0 saturated heterocycles. The third-order valence-corrected chi connectivity index (χ3v) is 5.58. The van der Waals surface area contributed by atoms with Gasteiger partial charge in [-0.1, -0.05) is 11.2 Å². The number of carbonyl (C=O) groups excluding carboxylic acids is 2. The van der Waals surface area contributed by atoms with Crippen LogP contribution in [0.3, 0.4) is 0 Å². The van der Waals surface area contributed by atoms with Gasteiger partial charge in [-0.3, -0.25) is 4.79 Å². The fraction of sp³-hybridized carbons (Fsp3) is 0.409. The van der Waals surface area contributed by atoms with Crippen LogP contribution in [0.25, 0.3) is 0 Å². The number of amides is 1. The van der Waals surface area contributed by atoms with Gasteiger partial charge in [-0.05, 0) is 45.4 Å². The van der Waals surface area contributed by atoms with E-state index in [-0.39, 0.29) is 12.3 Å². The minimum absolute atomic E-state index is 0.150. The van der Waals surface area contributed by atoms with Crippen LogP contribution in [-0.2, 0) is 20.9 Å². The molecule has 0 bridgehead atoms. The number of nitrogens with one attached hydrogen (secondary N) is 1. The number of cyclic esters (lactones) is 1. The Balaban J connectivity index is 1.65. The topological polar surface area (TPSA) is 99.9 Å². The summed E-state index contributed by atoms with van der Waals surface area (Å²) in [7, 11) is 1.55. The number of rotatable bonds is 5. The molecule has 0 saturated carbocycles. The zero-order chi connectivity index (χ0) is 21.6. The number of benzene rings is 1. The van der Waals surface area contributed by atoms with Crippen molar-refractivity contribution >= 4 is 11.9 Å². The third kappa shape index (κ3) is 3.32. The summed E-state index contributed by atoms with van der Waals surface area (Å²) in [5.41, 5.74) is 2.61. The van der Waals surface area contributed by atoms with Gasteiger partial charge in [-0.25, -0.2) is 4.79 Å². The molecule has 1 amide bonds. The van der Waals surface area contributed by atoms with Crippen LogP contribution in [0.5, 0.6) is 11.5 Å². The van der Waals surface area contributed by atoms with E-state index in [2.05, 4.69) is 10.5 Å². The number of hydrogen-bond donors (Lipinski definition) is 1. The highest BCUT2D eigenvalue weighted by Crippen LogP contribution is 2.44. The summed E-state index contributed by atoms with van der Waals surface area (Å²) >= 11 is 0. The number of ether oxygens (including phenoxy) is 3. The van der Waals surface area contributed by atoms with E-state index in [1.807, 2.05) is 19.9 Å². The van der Waals surface area contributed by atoms with Crippen molar-refractivity contribution in [2.45, 2.75) is 52.2 Å². The SMILES string of the molecule is COc1cc([C@@H]2CC(=O)NC3=C2C(=O)OC3(C)C)ccc1OCc1c(C)noc1C. The second kappa shape index (κ2) is 7.19. The van der Waals surface area contributed by atoms with E-state index in [9.17, 15) is 9.59 Å². The zero-order valence-corrected chi connectivity index (χ0v) is 17.6. The van der Waals surface area contributed by atoms with Gasteiger partial charge in [0.15, 0.2) is 11.5 Å². The molecule has 4 rings (SSSR count). The lowest BCUT2D eigenvalue weighted by Crippen LogP contribution is -2.38. The summed E-state index contributed by atoms with van der Waals surface area (Å²) in [6.07, 6.45) is 0.159. The summed E-state index contributed by atoms with van der Waals surface area (Å²) in [6, 6.07) is 5.43. The van der Waals surface area contributed by atoms with Crippen LogP contribution < -0.4 is 14.8 Å². The number of aryl methyl sites for hydroxylation is 2. The molecular formula is C22H24N2O6. The molecule has 1 aromatic heterocycles. The maximum atomic E-state index is 12.5. The van der Waals surface area contributed by atoms with E-state index in [1.165, 1.54) is 0 Å². The van der Waals surface area contributed by atoms with Gasteiger partial charge in [0, 0.05) is 12.3 Å². The molecule has 0 fully saturated rings. The summed E-state index contributed by atoms with van der Waals surface area (Å²) in [4.78, 5) is 24.9. The Kier molecular flexibility index (Phi) is 4.80. The fourth-order valence-corrected chi connectivity index (χ4v) is 3.94. The Morgan fingerprint density at radius 1 is 1.23 bits per heavy atom. The molecule has 2 aliphatic heterocycles. The summed E-state index contributed by atoms with van der Waals surface area (Å²) in [5, 5.41) is 6.74. The van der Waals surface area contributed by atoms with Crippen molar-refractivity contribution in [2.24, 2.45) is 0 Å². The van der Waals surface area contributed by atoms with E-state index >= 15 is 0 Å². The minimum Gasteiger partial charge on any atom is -0.493 e. The van der Waals surface area contributed by atoms with Crippen molar-refractivity contribution in [3.8, 4) is 11.5 Å². The summed E-state index contributed by atoms with van der Waals surface area (Å²) < 4.78 is 22.1. The zero-order valence-electron chi connectivity index (χ0n) is 17.6. The van der Waals surface area contributed by atoms with Crippen molar-refractivity contribution in [2.75, 3.05) is 7.11 Å². The van der Waals surface area contributed by atoms with Crippen LogP contribution in [0.1, 0.15) is 48.8 Å². The van der Waals surface area contributed by atoms with Gasteiger partial charge in [-0.15, -0.1) is 0 Å². The van der Waals surface area contributed by atoms with Crippen LogP contribution in [0.2, 0.25) is 0 Å². The van der Waals surface area contributed by atoms with Crippen molar-refractivity contribution in [3.63, 3.8) is 0 Å². The highest BCUT2D eigenvalue weighted by molar-refractivity contribution is 5.99. The van der Waals surface area contributed by atoms with Crippen molar-refractivity contribution in [3.05, 3.63) is 52.1 Å². The molecule has 1 aromatic carbocycles. The van der Waals surface area contributed by atoms with Crippen LogP contribution in [0, 0.1) is 13.8 Å². The molecule has 8 heteroatoms. The Labute approximate surface area is 174 Å². The third-order valence-electron chi connectivity index (χ3n) is 5.58. The molecule has 0 aliphatic carbocycles. The highest BCUT2D eigenvalue weighted by atomic mass is 16.6. The van der Waals surface area contributed by atoms with E-state index in [1.54, 1.807) is 33.1 Å². The molecule has 2 aromatic rings. The molecule has 1 atom stereocenters. The Hall–Kier alpha value is -3.29. The molecule has 0 unspecified atom stereocenters. The second-order valence-corrected chi connectivity index (χ2v) is 8.00. The molecule has 0 spiro atoms. The van der Waals surface area contributed by atoms with Crippen molar-refractivity contribution in [1.82, 2.24) is 10.5 Å². The van der Waals surface area contributed by atoms with Gasteiger partial charge < -0.3 is 24.1 Å². The lowest BCUT2D eigenvalue weighted by atomic mass is 9.82. The van der Waals surface area contributed by atoms with Crippen LogP contribution in [-0.4, -0.2) is 29.7 Å². The quantitative estimate of drug-likeness (QED) is 0.754. The first kappa shape index (κ1) is 20.0. The maximum Gasteiger partial charge on any atom is 0.337 e. The number of nitrogens with zero attached hydrogens (tertiary/aromatic N) is 1. The molecule has 30 heavy (non-hydrogen) atoms. The first-order chi connectivity index (χ1) is 14.2. The molecule has 8 nitrogen and oxygen atoms in total. The van der Waals surface area contributed by atoms with E-state index in [0.717, 1.165) is 16.8 Å². The van der Waals surface area contributed by atoms with Gasteiger partial charge in [-0.2, -0.15) is 0 Å². The average Bonchev–Trinajstić information content (AvgIpc) is 3.14. The number of hydrogen-bond acceptors (Lipinski definition) is 7. The molecular weight excluding hydrogens is 388 g/mol. The van der Waals surface area contributed by atoms with E-state index in [0.29, 0.717) is 35.1 Å². The van der Waals surface area contributed by atoms with Gasteiger partial charge in [0.2, 0.25) is 5.91 Å². The van der Waals surface area contributed by atoms with Gasteiger partial charge >= 0.3 is 5.97 Å². The van der Waals surface area contributed by atoms with Crippen LogP contribution in [0.4, 0.5) is 0 Å². The monoisotopic (exact) mass is 412 g/mol. The first-order valence-corrected chi connectivity index (χ1v) is 9.71. The lowest BCUT2D eigenvalue weighted by Gasteiger charge is -2.27. The largest absolute Gasteiger partial charge is 0.493 e. The van der Waals surface area contributed by atoms with E-state index < -0.39 is 17.5 Å². The molecule has 3 heterocycles. The number of aromatic nitrogens is 1. The molecule has 2 aliphatic rings. The van der Waals surface area contributed by atoms with Crippen molar-refractivity contribution in [1.29, 1.82) is 0 Å². The normalized spacial score (nSPS) is 20.0. The minimum atomic E-state index is -0.859. The van der Waals surface area contributed by atoms with Gasteiger partial charge in [0.1, 0.15) is 18.0 Å². The standard InChI is InChI=1S/C22H24N2O6/c1-11-15(12(2)30-24-11)10-28-16-7-6-13(8-17(16)27-5)14-9-18(25)23-20-19(14)21(26)29-22(20,3)4/h6-8,14H,9-10H2,1-5H3,(H,23,25)/t14-/m0/s1. The van der Waals surface area contributed by atoms with Crippen LogP contribution in [0.15, 0.2) is 34.0 Å². The fourth-order valence-electron chi connectivity index (χ4n) is 3.94. The van der Waals surface area contributed by atoms with Gasteiger partial charge in [0.05, 0.1) is 29.6 Å². The summed E-state index contributed by atoms with van der Waals surface area (Å²) in [6.45, 7) is 7.51. The molecule has 1 N–H and O–H groups in total. The smallest absolute Gasteiger partial charge is 0.337 e. The Bertz CT molecular complexity index is 1050. The molecule has 0 radical (unpaired) electrons. The number of esters is 1. The molecule has 158 valence electrons. The lowest BCUT2D eigenvalue weighted by molar-refractivity contribution is -0.144. The number of methoxy groups -OCH3 is 1. The summed E-state index contributed by atoms with van der Waals surface area (Å²) in [5.74, 6) is 0.801. The predicted octanol–water partition coefficient (Wildman–Crippen LogP) is 3.07. The van der Waals surface area contributed by atoms with E-state index in [4.69, 9.17) is 18.7 Å². The van der Waals surface area contributed by atoms with Crippen molar-refractivity contribution < 1.29 is 28.3 Å². The maximum absolute atomic E-state index is 12.5. The number of carbonyl (C=O) groups is 2. The Morgan fingerprint density at radius 3 is 2.67 bits per heavy atom.